The van der Waals surface area contributed by atoms with Crippen LogP contribution in [0.25, 0.3) is 0 Å². The summed E-state index contributed by atoms with van der Waals surface area (Å²) >= 11 is 0. The zero-order valence-corrected chi connectivity index (χ0v) is 20.4. The molecule has 0 amide bonds. The third kappa shape index (κ3) is 25.4. The third-order valence-electron chi connectivity index (χ3n) is 5.49. The molecule has 0 radical (unpaired) electrons. The Morgan fingerprint density at radius 3 is 1.40 bits per heavy atom. The van der Waals surface area contributed by atoms with Gasteiger partial charge in [0.2, 0.25) is 0 Å². The Kier molecular flexibility index (Phi) is 25.9. The van der Waals surface area contributed by atoms with E-state index in [0.717, 1.165) is 25.9 Å². The highest BCUT2D eigenvalue weighted by molar-refractivity contribution is 5.69. The monoisotopic (exact) mass is 428 g/mol. The number of hydrogen-bond donors (Lipinski definition) is 0. The Morgan fingerprint density at radius 2 is 0.867 bits per heavy atom. The van der Waals surface area contributed by atoms with Crippen molar-refractivity contribution in [2.24, 2.45) is 0 Å². The Morgan fingerprint density at radius 1 is 0.467 bits per heavy atom. The number of ether oxygens (including phenoxy) is 3. The highest BCUT2D eigenvalue weighted by atomic mass is 16.6. The van der Waals surface area contributed by atoms with Crippen LogP contribution in [0.3, 0.4) is 0 Å². The van der Waals surface area contributed by atoms with Crippen molar-refractivity contribution >= 4 is 5.97 Å². The standard InChI is InChI=1S/C26H52O4/c1-3-5-7-9-11-13-14-16-18-20-26(27)30-25-24-29-23-22-28-21-19-17-15-12-10-8-6-4-2/h3-25H2,1-2H3. The van der Waals surface area contributed by atoms with E-state index in [2.05, 4.69) is 13.8 Å². The van der Waals surface area contributed by atoms with Gasteiger partial charge in [-0.25, -0.2) is 0 Å². The Bertz CT molecular complexity index is 333. The van der Waals surface area contributed by atoms with Gasteiger partial charge in [0.1, 0.15) is 6.61 Å². The van der Waals surface area contributed by atoms with Crippen LogP contribution in [0.15, 0.2) is 0 Å². The van der Waals surface area contributed by atoms with Crippen LogP contribution in [0.2, 0.25) is 0 Å². The lowest BCUT2D eigenvalue weighted by Gasteiger charge is -2.07. The molecule has 4 nitrogen and oxygen atoms in total. The quantitative estimate of drug-likeness (QED) is 0.111. The van der Waals surface area contributed by atoms with E-state index >= 15 is 0 Å². The molecule has 180 valence electrons. The minimum absolute atomic E-state index is 0.0903. The minimum atomic E-state index is -0.0903. The summed E-state index contributed by atoms with van der Waals surface area (Å²) in [6, 6.07) is 0. The van der Waals surface area contributed by atoms with E-state index in [1.165, 1.54) is 89.9 Å². The van der Waals surface area contributed by atoms with Gasteiger partial charge in [-0.15, -0.1) is 0 Å². The number of esters is 1. The summed E-state index contributed by atoms with van der Waals surface area (Å²) in [5, 5.41) is 0. The van der Waals surface area contributed by atoms with Crippen LogP contribution >= 0.6 is 0 Å². The number of carbonyl (C=O) groups is 1. The molecule has 0 aliphatic heterocycles. The molecule has 0 aromatic carbocycles. The highest BCUT2D eigenvalue weighted by Gasteiger charge is 2.02. The van der Waals surface area contributed by atoms with Crippen molar-refractivity contribution in [3.8, 4) is 0 Å². The van der Waals surface area contributed by atoms with E-state index < -0.39 is 0 Å². The summed E-state index contributed by atoms with van der Waals surface area (Å²) < 4.78 is 16.3. The van der Waals surface area contributed by atoms with Crippen molar-refractivity contribution in [1.82, 2.24) is 0 Å². The third-order valence-corrected chi connectivity index (χ3v) is 5.49. The second-order valence-corrected chi connectivity index (χ2v) is 8.50. The molecule has 30 heavy (non-hydrogen) atoms. The SMILES string of the molecule is CCCCCCCCCCCC(=O)OCCOCCOCCCCCCCCCC. The summed E-state index contributed by atoms with van der Waals surface area (Å²) in [5.41, 5.74) is 0. The molecule has 0 aliphatic rings. The lowest BCUT2D eigenvalue weighted by atomic mass is 10.1. The van der Waals surface area contributed by atoms with Crippen molar-refractivity contribution < 1.29 is 19.0 Å². The van der Waals surface area contributed by atoms with Crippen LogP contribution in [-0.4, -0.2) is 39.0 Å². The van der Waals surface area contributed by atoms with Crippen molar-refractivity contribution in [3.05, 3.63) is 0 Å². The lowest BCUT2D eigenvalue weighted by molar-refractivity contribution is -0.145. The molecule has 4 heteroatoms. The van der Waals surface area contributed by atoms with Gasteiger partial charge in [-0.3, -0.25) is 4.79 Å². The molecule has 0 spiro atoms. The summed E-state index contributed by atoms with van der Waals surface area (Å²) in [5.74, 6) is -0.0903. The first-order valence-electron chi connectivity index (χ1n) is 13.1. The van der Waals surface area contributed by atoms with Gasteiger partial charge in [0.15, 0.2) is 0 Å². The van der Waals surface area contributed by atoms with Crippen LogP contribution in [0.1, 0.15) is 129 Å². The van der Waals surface area contributed by atoms with Gasteiger partial charge in [-0.2, -0.15) is 0 Å². The average Bonchev–Trinajstić information content (AvgIpc) is 2.75. The lowest BCUT2D eigenvalue weighted by Crippen LogP contribution is -2.13. The van der Waals surface area contributed by atoms with Crippen molar-refractivity contribution in [3.63, 3.8) is 0 Å². The zero-order chi connectivity index (χ0) is 22.0. The van der Waals surface area contributed by atoms with E-state index in [1.54, 1.807) is 0 Å². The first-order chi connectivity index (χ1) is 14.8. The maximum Gasteiger partial charge on any atom is 0.305 e. The van der Waals surface area contributed by atoms with Crippen LogP contribution < -0.4 is 0 Å². The van der Waals surface area contributed by atoms with E-state index in [1.807, 2.05) is 0 Å². The number of carbonyl (C=O) groups excluding carboxylic acids is 1. The molecular weight excluding hydrogens is 376 g/mol. The fraction of sp³-hybridized carbons (Fsp3) is 0.962. The number of unbranched alkanes of at least 4 members (excludes halogenated alkanes) is 15. The largest absolute Gasteiger partial charge is 0.463 e. The second kappa shape index (κ2) is 26.4. The van der Waals surface area contributed by atoms with Crippen LogP contribution in [-0.2, 0) is 19.0 Å². The summed E-state index contributed by atoms with van der Waals surface area (Å²) in [7, 11) is 0. The predicted octanol–water partition coefficient (Wildman–Crippen LogP) is 7.62. The number of hydrogen-bond acceptors (Lipinski definition) is 4. The fourth-order valence-corrected chi connectivity index (χ4v) is 3.53. The van der Waals surface area contributed by atoms with Gasteiger partial charge >= 0.3 is 5.97 Å². The molecule has 0 aromatic heterocycles. The number of rotatable bonds is 25. The molecule has 0 fully saturated rings. The van der Waals surface area contributed by atoms with Crippen molar-refractivity contribution in [2.75, 3.05) is 33.0 Å². The van der Waals surface area contributed by atoms with Crippen LogP contribution in [0.4, 0.5) is 0 Å². The van der Waals surface area contributed by atoms with Gasteiger partial charge < -0.3 is 14.2 Å². The van der Waals surface area contributed by atoms with Crippen LogP contribution in [0, 0.1) is 0 Å². The van der Waals surface area contributed by atoms with Gasteiger partial charge in [-0.05, 0) is 12.8 Å². The molecule has 0 saturated carbocycles. The molecule has 0 rings (SSSR count). The van der Waals surface area contributed by atoms with Crippen molar-refractivity contribution in [2.45, 2.75) is 129 Å². The molecule has 0 saturated heterocycles. The highest BCUT2D eigenvalue weighted by Crippen LogP contribution is 2.11. The van der Waals surface area contributed by atoms with Gasteiger partial charge in [0.05, 0.1) is 19.8 Å². The zero-order valence-electron chi connectivity index (χ0n) is 20.4. The first kappa shape index (κ1) is 29.4. The van der Waals surface area contributed by atoms with E-state index in [9.17, 15) is 4.79 Å². The molecule has 0 bridgehead atoms. The Labute approximate surface area is 187 Å². The molecule has 0 N–H and O–H groups in total. The van der Waals surface area contributed by atoms with Gasteiger partial charge in [0, 0.05) is 13.0 Å². The summed E-state index contributed by atoms with van der Waals surface area (Å²) in [6.07, 6.45) is 22.5. The average molecular weight is 429 g/mol. The second-order valence-electron chi connectivity index (χ2n) is 8.50. The summed E-state index contributed by atoms with van der Waals surface area (Å²) in [4.78, 5) is 11.7. The van der Waals surface area contributed by atoms with E-state index in [4.69, 9.17) is 14.2 Å². The molecule has 0 aromatic rings. The molecule has 0 atom stereocenters. The first-order valence-corrected chi connectivity index (χ1v) is 13.1. The van der Waals surface area contributed by atoms with E-state index in [0.29, 0.717) is 32.8 Å². The summed E-state index contributed by atoms with van der Waals surface area (Å²) in [6.45, 7) is 7.35. The molecular formula is C26H52O4. The topological polar surface area (TPSA) is 44.8 Å². The molecule has 0 unspecified atom stereocenters. The minimum Gasteiger partial charge on any atom is -0.463 e. The normalized spacial score (nSPS) is 11.1. The maximum atomic E-state index is 11.7. The maximum absolute atomic E-state index is 11.7. The fourth-order valence-electron chi connectivity index (χ4n) is 3.53. The molecule has 0 heterocycles. The van der Waals surface area contributed by atoms with Crippen molar-refractivity contribution in [1.29, 1.82) is 0 Å². The Balaban J connectivity index is 3.12. The molecule has 0 aliphatic carbocycles. The van der Waals surface area contributed by atoms with Gasteiger partial charge in [0.25, 0.3) is 0 Å². The van der Waals surface area contributed by atoms with Gasteiger partial charge in [-0.1, -0.05) is 110 Å². The van der Waals surface area contributed by atoms with E-state index in [-0.39, 0.29) is 5.97 Å². The predicted molar refractivity (Wildman–Crippen MR) is 127 cm³/mol. The smallest absolute Gasteiger partial charge is 0.305 e. The Hall–Kier alpha value is -0.610. The van der Waals surface area contributed by atoms with Crippen LogP contribution in [0.5, 0.6) is 0 Å².